The Morgan fingerprint density at radius 3 is 2.14 bits per heavy atom. The highest BCUT2D eigenvalue weighted by Crippen LogP contribution is 2.29. The lowest BCUT2D eigenvalue weighted by Gasteiger charge is -2.26. The van der Waals surface area contributed by atoms with Crippen molar-refractivity contribution in [1.29, 1.82) is 0 Å². The number of para-hydroxylation sites is 1. The number of hydrogen-bond donors (Lipinski definition) is 1. The van der Waals surface area contributed by atoms with Crippen LogP contribution in [0.15, 0.2) is 53.4 Å². The van der Waals surface area contributed by atoms with Crippen molar-refractivity contribution in [1.82, 2.24) is 4.31 Å². The van der Waals surface area contributed by atoms with E-state index in [0.29, 0.717) is 18.7 Å². The van der Waals surface area contributed by atoms with E-state index in [0.717, 1.165) is 30.5 Å². The maximum absolute atomic E-state index is 12.7. The Hall–Kier alpha value is -2.18. The number of nitrogens with one attached hydrogen (secondary N) is 1. The molecule has 0 aromatic heterocycles. The Labute approximate surface area is 167 Å². The van der Waals surface area contributed by atoms with Gasteiger partial charge < -0.3 is 5.32 Å². The zero-order chi connectivity index (χ0) is 20.4. The van der Waals surface area contributed by atoms with Crippen molar-refractivity contribution in [3.63, 3.8) is 0 Å². The van der Waals surface area contributed by atoms with Crippen LogP contribution in [0.5, 0.6) is 0 Å². The highest BCUT2D eigenvalue weighted by atomic mass is 32.2. The molecule has 28 heavy (non-hydrogen) atoms. The zero-order valence-corrected chi connectivity index (χ0v) is 17.6. The van der Waals surface area contributed by atoms with Crippen LogP contribution < -0.4 is 5.32 Å². The molecular formula is C22H28N2O3S. The van der Waals surface area contributed by atoms with Gasteiger partial charge >= 0.3 is 0 Å². The van der Waals surface area contributed by atoms with E-state index < -0.39 is 10.0 Å². The Balaban J connectivity index is 1.78. The first-order valence-electron chi connectivity index (χ1n) is 9.71. The number of piperidine rings is 1. The smallest absolute Gasteiger partial charge is 0.255 e. The topological polar surface area (TPSA) is 66.5 Å². The number of hydrogen-bond acceptors (Lipinski definition) is 3. The molecule has 3 rings (SSSR count). The molecule has 1 heterocycles. The lowest BCUT2D eigenvalue weighted by molar-refractivity contribution is 0.102. The summed E-state index contributed by atoms with van der Waals surface area (Å²) in [5.41, 5.74) is 2.15. The van der Waals surface area contributed by atoms with E-state index in [9.17, 15) is 13.2 Å². The summed E-state index contributed by atoms with van der Waals surface area (Å²) in [6.45, 7) is 7.41. The van der Waals surface area contributed by atoms with Crippen molar-refractivity contribution in [2.45, 2.75) is 50.3 Å². The summed E-state index contributed by atoms with van der Waals surface area (Å²) in [4.78, 5) is 12.9. The maximum atomic E-state index is 12.7. The van der Waals surface area contributed by atoms with Crippen LogP contribution >= 0.6 is 0 Å². The first kappa shape index (κ1) is 20.6. The van der Waals surface area contributed by atoms with E-state index in [1.54, 1.807) is 12.1 Å². The number of benzene rings is 2. The van der Waals surface area contributed by atoms with Crippen LogP contribution in [0.4, 0.5) is 5.69 Å². The number of nitrogens with zero attached hydrogens (tertiary/aromatic N) is 1. The molecule has 0 atom stereocenters. The minimum absolute atomic E-state index is 0.101. The van der Waals surface area contributed by atoms with E-state index in [2.05, 4.69) is 26.1 Å². The molecule has 0 bridgehead atoms. The van der Waals surface area contributed by atoms with Gasteiger partial charge in [-0.3, -0.25) is 4.79 Å². The fraction of sp³-hybridized carbons (Fsp3) is 0.409. The highest BCUT2D eigenvalue weighted by molar-refractivity contribution is 7.89. The quantitative estimate of drug-likeness (QED) is 0.827. The number of carbonyl (C=O) groups excluding carboxylic acids is 1. The summed E-state index contributed by atoms with van der Waals surface area (Å²) in [5, 5.41) is 2.96. The second-order valence-electron chi connectivity index (χ2n) is 8.24. The minimum atomic E-state index is -3.49. The zero-order valence-electron chi connectivity index (χ0n) is 16.7. The van der Waals surface area contributed by atoms with Crippen LogP contribution in [0.1, 0.15) is 56.0 Å². The first-order chi connectivity index (χ1) is 13.2. The summed E-state index contributed by atoms with van der Waals surface area (Å²) >= 11 is 0. The summed E-state index contributed by atoms with van der Waals surface area (Å²) < 4.78 is 27.0. The Bertz CT molecular complexity index is 938. The maximum Gasteiger partial charge on any atom is 0.255 e. The van der Waals surface area contributed by atoms with Crippen molar-refractivity contribution in [2.24, 2.45) is 0 Å². The van der Waals surface area contributed by atoms with Crippen molar-refractivity contribution in [3.8, 4) is 0 Å². The fourth-order valence-corrected chi connectivity index (χ4v) is 4.99. The molecule has 1 aliphatic rings. The molecule has 1 N–H and O–H groups in total. The van der Waals surface area contributed by atoms with E-state index in [-0.39, 0.29) is 16.2 Å². The molecule has 6 heteroatoms. The van der Waals surface area contributed by atoms with Gasteiger partial charge in [0.05, 0.1) is 4.90 Å². The number of carbonyl (C=O) groups is 1. The molecule has 2 aromatic carbocycles. The van der Waals surface area contributed by atoms with Gasteiger partial charge in [-0.2, -0.15) is 4.31 Å². The predicted octanol–water partition coefficient (Wildman–Crippen LogP) is 4.41. The van der Waals surface area contributed by atoms with Gasteiger partial charge in [0.25, 0.3) is 5.91 Å². The van der Waals surface area contributed by atoms with E-state index in [4.69, 9.17) is 0 Å². The van der Waals surface area contributed by atoms with Crippen molar-refractivity contribution in [2.75, 3.05) is 18.4 Å². The second-order valence-corrected chi connectivity index (χ2v) is 10.2. The number of amides is 1. The molecule has 1 aliphatic heterocycles. The van der Waals surface area contributed by atoms with Crippen LogP contribution in [0.2, 0.25) is 0 Å². The van der Waals surface area contributed by atoms with Crippen LogP contribution in [0.3, 0.4) is 0 Å². The molecule has 5 nitrogen and oxygen atoms in total. The molecule has 1 saturated heterocycles. The van der Waals surface area contributed by atoms with Crippen molar-refractivity contribution < 1.29 is 13.2 Å². The van der Waals surface area contributed by atoms with Gasteiger partial charge in [-0.1, -0.05) is 45.4 Å². The normalized spacial score (nSPS) is 16.0. The van der Waals surface area contributed by atoms with Crippen LogP contribution in [-0.2, 0) is 15.4 Å². The molecule has 1 amide bonds. The third-order valence-electron chi connectivity index (χ3n) is 5.05. The number of sulfonamides is 1. The standard InChI is InChI=1S/C22H28N2O3S/c1-22(2,3)19-9-5-6-10-20(19)23-21(25)17-11-13-18(14-12-17)28(26,27)24-15-7-4-8-16-24/h5-6,9-14H,4,7-8,15-16H2,1-3H3,(H,23,25). The SMILES string of the molecule is CC(C)(C)c1ccccc1NC(=O)c1ccc(S(=O)(=O)N2CCCCC2)cc1. The molecule has 150 valence electrons. The third kappa shape index (κ3) is 4.45. The highest BCUT2D eigenvalue weighted by Gasteiger charge is 2.26. The van der Waals surface area contributed by atoms with Gasteiger partial charge in [-0.05, 0) is 54.2 Å². The van der Waals surface area contributed by atoms with Crippen LogP contribution in [0, 0.1) is 0 Å². The third-order valence-corrected chi connectivity index (χ3v) is 6.97. The monoisotopic (exact) mass is 400 g/mol. The van der Waals surface area contributed by atoms with E-state index in [1.165, 1.54) is 16.4 Å². The fourth-order valence-electron chi connectivity index (χ4n) is 3.47. The van der Waals surface area contributed by atoms with Gasteiger partial charge in [-0.25, -0.2) is 8.42 Å². The van der Waals surface area contributed by atoms with Gasteiger partial charge in [-0.15, -0.1) is 0 Å². The van der Waals surface area contributed by atoms with Crippen LogP contribution in [-0.4, -0.2) is 31.7 Å². The molecule has 0 aliphatic carbocycles. The molecule has 1 fully saturated rings. The summed E-state index contributed by atoms with van der Waals surface area (Å²) in [6.07, 6.45) is 2.86. The Morgan fingerprint density at radius 1 is 0.929 bits per heavy atom. The van der Waals surface area contributed by atoms with Crippen molar-refractivity contribution in [3.05, 3.63) is 59.7 Å². The summed E-state index contributed by atoms with van der Waals surface area (Å²) in [5.74, 6) is -0.251. The average Bonchev–Trinajstić information content (AvgIpc) is 2.68. The molecule has 0 saturated carbocycles. The number of anilines is 1. The first-order valence-corrected chi connectivity index (χ1v) is 11.1. The predicted molar refractivity (Wildman–Crippen MR) is 112 cm³/mol. The van der Waals surface area contributed by atoms with Gasteiger partial charge in [0.2, 0.25) is 10.0 Å². The van der Waals surface area contributed by atoms with Gasteiger partial charge in [0.15, 0.2) is 0 Å². The van der Waals surface area contributed by atoms with Gasteiger partial charge in [0, 0.05) is 24.3 Å². The lowest BCUT2D eigenvalue weighted by Crippen LogP contribution is -2.35. The van der Waals surface area contributed by atoms with E-state index >= 15 is 0 Å². The van der Waals surface area contributed by atoms with Crippen molar-refractivity contribution >= 4 is 21.6 Å². The largest absolute Gasteiger partial charge is 0.322 e. The second kappa shape index (κ2) is 8.05. The number of rotatable bonds is 4. The molecule has 0 radical (unpaired) electrons. The summed E-state index contributed by atoms with van der Waals surface area (Å²) in [7, 11) is -3.49. The lowest BCUT2D eigenvalue weighted by atomic mass is 9.86. The Kier molecular flexibility index (Phi) is 5.91. The summed E-state index contributed by atoms with van der Waals surface area (Å²) in [6, 6.07) is 13.9. The molecular weight excluding hydrogens is 372 g/mol. The minimum Gasteiger partial charge on any atom is -0.322 e. The van der Waals surface area contributed by atoms with E-state index in [1.807, 2.05) is 24.3 Å². The average molecular weight is 401 g/mol. The van der Waals surface area contributed by atoms with Gasteiger partial charge in [0.1, 0.15) is 0 Å². The van der Waals surface area contributed by atoms with Crippen LogP contribution in [0.25, 0.3) is 0 Å². The Morgan fingerprint density at radius 2 is 1.54 bits per heavy atom. The molecule has 2 aromatic rings. The molecule has 0 unspecified atom stereocenters. The molecule has 0 spiro atoms.